The van der Waals surface area contributed by atoms with E-state index in [0.29, 0.717) is 44.1 Å². The number of nitrogens with zero attached hydrogens (tertiary/aromatic N) is 1. The highest BCUT2D eigenvalue weighted by molar-refractivity contribution is 5.99. The molecule has 0 saturated carbocycles. The van der Waals surface area contributed by atoms with E-state index in [0.717, 1.165) is 12.8 Å². The molecular formula is C18H26N2O4. The zero-order chi connectivity index (χ0) is 17.4. The number of ether oxygens (including phenoxy) is 2. The maximum atomic E-state index is 13.0. The number of nitrogens with one attached hydrogen (secondary N) is 1. The Kier molecular flexibility index (Phi) is 7.06. The molecule has 1 aliphatic heterocycles. The minimum absolute atomic E-state index is 0.113. The molecule has 1 heterocycles. The molecule has 0 spiro atoms. The standard InChI is InChI=1S/C18H26N2O4/c1-3-23-12-13-24-16-10-5-4-8-14(16)18(22)20-11-7-6-9-15(20)17(21)19-2/h4-5,8,10,15H,3,6-7,9,11-13H2,1-2H3,(H,19,21). The number of hydrogen-bond acceptors (Lipinski definition) is 4. The summed E-state index contributed by atoms with van der Waals surface area (Å²) in [7, 11) is 1.60. The molecule has 0 bridgehead atoms. The number of para-hydroxylation sites is 1. The number of likely N-dealkylation sites (tertiary alicyclic amines) is 1. The first kappa shape index (κ1) is 18.3. The van der Waals surface area contributed by atoms with Crippen molar-refractivity contribution in [2.24, 2.45) is 0 Å². The first-order valence-electron chi connectivity index (χ1n) is 8.51. The van der Waals surface area contributed by atoms with Crippen LogP contribution in [0.3, 0.4) is 0 Å². The third-order valence-corrected chi connectivity index (χ3v) is 4.12. The van der Waals surface area contributed by atoms with Crippen LogP contribution in [-0.4, -0.2) is 56.2 Å². The molecule has 1 saturated heterocycles. The molecule has 1 aromatic rings. The van der Waals surface area contributed by atoms with E-state index in [2.05, 4.69) is 5.32 Å². The molecule has 2 rings (SSSR count). The molecule has 132 valence electrons. The van der Waals surface area contributed by atoms with Crippen LogP contribution in [0.15, 0.2) is 24.3 Å². The number of carbonyl (C=O) groups excluding carboxylic acids is 2. The second-order valence-electron chi connectivity index (χ2n) is 5.67. The van der Waals surface area contributed by atoms with E-state index < -0.39 is 6.04 Å². The summed E-state index contributed by atoms with van der Waals surface area (Å²) < 4.78 is 11.0. The Bertz CT molecular complexity index is 562. The van der Waals surface area contributed by atoms with Crippen molar-refractivity contribution in [3.05, 3.63) is 29.8 Å². The highest BCUT2D eigenvalue weighted by Gasteiger charge is 2.33. The number of hydrogen-bond donors (Lipinski definition) is 1. The summed E-state index contributed by atoms with van der Waals surface area (Å²) in [6, 6.07) is 6.75. The van der Waals surface area contributed by atoms with Crippen molar-refractivity contribution < 1.29 is 19.1 Å². The predicted molar refractivity (Wildman–Crippen MR) is 91.2 cm³/mol. The van der Waals surface area contributed by atoms with Crippen LogP contribution in [0.1, 0.15) is 36.5 Å². The zero-order valence-corrected chi connectivity index (χ0v) is 14.4. The summed E-state index contributed by atoms with van der Waals surface area (Å²) in [6.07, 6.45) is 2.56. The normalized spacial score (nSPS) is 17.4. The van der Waals surface area contributed by atoms with Crippen LogP contribution in [0, 0.1) is 0 Å². The van der Waals surface area contributed by atoms with Crippen LogP contribution in [0.4, 0.5) is 0 Å². The summed E-state index contributed by atoms with van der Waals surface area (Å²) in [5.41, 5.74) is 0.491. The van der Waals surface area contributed by atoms with Crippen LogP contribution in [0.25, 0.3) is 0 Å². The minimum Gasteiger partial charge on any atom is -0.490 e. The fraction of sp³-hybridized carbons (Fsp3) is 0.556. The van der Waals surface area contributed by atoms with Gasteiger partial charge in [0.25, 0.3) is 5.91 Å². The second kappa shape index (κ2) is 9.27. The Labute approximate surface area is 143 Å². The number of rotatable bonds is 7. The van der Waals surface area contributed by atoms with Gasteiger partial charge in [-0.25, -0.2) is 0 Å². The lowest BCUT2D eigenvalue weighted by Gasteiger charge is -2.34. The molecular weight excluding hydrogens is 308 g/mol. The first-order chi connectivity index (χ1) is 11.7. The maximum Gasteiger partial charge on any atom is 0.258 e. The first-order valence-corrected chi connectivity index (χ1v) is 8.51. The Morgan fingerprint density at radius 2 is 2.04 bits per heavy atom. The van der Waals surface area contributed by atoms with Gasteiger partial charge in [0.05, 0.1) is 12.2 Å². The van der Waals surface area contributed by atoms with Gasteiger partial charge in [0.15, 0.2) is 0 Å². The van der Waals surface area contributed by atoms with Crippen LogP contribution >= 0.6 is 0 Å². The summed E-state index contributed by atoms with van der Waals surface area (Å²) in [6.45, 7) is 4.00. The third kappa shape index (κ3) is 4.47. The quantitative estimate of drug-likeness (QED) is 0.773. The van der Waals surface area contributed by atoms with E-state index in [4.69, 9.17) is 9.47 Å². The highest BCUT2D eigenvalue weighted by Crippen LogP contribution is 2.25. The monoisotopic (exact) mass is 334 g/mol. The number of amides is 2. The highest BCUT2D eigenvalue weighted by atomic mass is 16.5. The predicted octanol–water partition coefficient (Wildman–Crippen LogP) is 1.84. The maximum absolute atomic E-state index is 13.0. The minimum atomic E-state index is -0.410. The van der Waals surface area contributed by atoms with E-state index in [1.165, 1.54) is 0 Å². The number of carbonyl (C=O) groups is 2. The molecule has 6 heteroatoms. The van der Waals surface area contributed by atoms with Crippen molar-refractivity contribution in [3.63, 3.8) is 0 Å². The number of benzene rings is 1. The van der Waals surface area contributed by atoms with Gasteiger partial charge in [-0.1, -0.05) is 12.1 Å². The van der Waals surface area contributed by atoms with Crippen molar-refractivity contribution >= 4 is 11.8 Å². The van der Waals surface area contributed by atoms with Gasteiger partial charge in [-0.3, -0.25) is 9.59 Å². The average Bonchev–Trinajstić information content (AvgIpc) is 2.64. The molecule has 1 N–H and O–H groups in total. The van der Waals surface area contributed by atoms with Crippen molar-refractivity contribution in [2.75, 3.05) is 33.4 Å². The van der Waals surface area contributed by atoms with Crippen LogP contribution < -0.4 is 10.1 Å². The van der Waals surface area contributed by atoms with Crippen LogP contribution in [0.2, 0.25) is 0 Å². The zero-order valence-electron chi connectivity index (χ0n) is 14.4. The molecule has 1 unspecified atom stereocenters. The van der Waals surface area contributed by atoms with Gasteiger partial charge in [0.2, 0.25) is 5.91 Å². The Hall–Kier alpha value is -2.08. The molecule has 1 fully saturated rings. The summed E-state index contributed by atoms with van der Waals surface area (Å²) in [5, 5.41) is 2.65. The van der Waals surface area contributed by atoms with Gasteiger partial charge >= 0.3 is 0 Å². The van der Waals surface area contributed by atoms with Gasteiger partial charge in [-0.05, 0) is 38.3 Å². The van der Waals surface area contributed by atoms with Gasteiger partial charge in [-0.2, -0.15) is 0 Å². The SMILES string of the molecule is CCOCCOc1ccccc1C(=O)N1CCCCC1C(=O)NC. The fourth-order valence-corrected chi connectivity index (χ4v) is 2.89. The van der Waals surface area contributed by atoms with Gasteiger partial charge in [0, 0.05) is 20.2 Å². The lowest BCUT2D eigenvalue weighted by atomic mass is 10.00. The van der Waals surface area contributed by atoms with E-state index in [1.54, 1.807) is 24.1 Å². The molecule has 0 radical (unpaired) electrons. The Morgan fingerprint density at radius 1 is 1.25 bits per heavy atom. The Morgan fingerprint density at radius 3 is 2.79 bits per heavy atom. The Balaban J connectivity index is 2.14. The topological polar surface area (TPSA) is 67.9 Å². The number of likely N-dealkylation sites (N-methyl/N-ethyl adjacent to an activating group) is 1. The van der Waals surface area contributed by atoms with Crippen LogP contribution in [0.5, 0.6) is 5.75 Å². The van der Waals surface area contributed by atoms with E-state index in [-0.39, 0.29) is 11.8 Å². The van der Waals surface area contributed by atoms with E-state index >= 15 is 0 Å². The molecule has 0 aliphatic carbocycles. The summed E-state index contributed by atoms with van der Waals surface area (Å²) in [5.74, 6) is 0.261. The summed E-state index contributed by atoms with van der Waals surface area (Å²) in [4.78, 5) is 26.7. The van der Waals surface area contributed by atoms with Crippen molar-refractivity contribution in [3.8, 4) is 5.75 Å². The van der Waals surface area contributed by atoms with Crippen molar-refractivity contribution in [2.45, 2.75) is 32.2 Å². The average molecular weight is 334 g/mol. The summed E-state index contributed by atoms with van der Waals surface area (Å²) >= 11 is 0. The molecule has 24 heavy (non-hydrogen) atoms. The largest absolute Gasteiger partial charge is 0.490 e. The van der Waals surface area contributed by atoms with E-state index in [9.17, 15) is 9.59 Å². The van der Waals surface area contributed by atoms with Gasteiger partial charge in [0.1, 0.15) is 18.4 Å². The fourth-order valence-electron chi connectivity index (χ4n) is 2.89. The number of piperidine rings is 1. The second-order valence-corrected chi connectivity index (χ2v) is 5.67. The van der Waals surface area contributed by atoms with Gasteiger partial charge < -0.3 is 19.7 Å². The molecule has 1 aliphatic rings. The molecule has 1 atom stereocenters. The van der Waals surface area contributed by atoms with Crippen molar-refractivity contribution in [1.82, 2.24) is 10.2 Å². The van der Waals surface area contributed by atoms with Crippen molar-refractivity contribution in [1.29, 1.82) is 0 Å². The third-order valence-electron chi connectivity index (χ3n) is 4.12. The van der Waals surface area contributed by atoms with E-state index in [1.807, 2.05) is 19.1 Å². The lowest BCUT2D eigenvalue weighted by molar-refractivity contribution is -0.126. The molecule has 0 aromatic heterocycles. The molecule has 1 aromatic carbocycles. The molecule has 2 amide bonds. The smallest absolute Gasteiger partial charge is 0.258 e. The molecule has 6 nitrogen and oxygen atoms in total. The van der Waals surface area contributed by atoms with Crippen LogP contribution in [-0.2, 0) is 9.53 Å². The van der Waals surface area contributed by atoms with Gasteiger partial charge in [-0.15, -0.1) is 0 Å². The lowest BCUT2D eigenvalue weighted by Crippen LogP contribution is -2.51.